The molecule has 0 unspecified atom stereocenters. The molecule has 0 aliphatic heterocycles. The highest BCUT2D eigenvalue weighted by molar-refractivity contribution is 5.98. The molecule has 1 amide bonds. The fourth-order valence-electron chi connectivity index (χ4n) is 2.39. The summed E-state index contributed by atoms with van der Waals surface area (Å²) in [6.07, 6.45) is 2.01. The summed E-state index contributed by atoms with van der Waals surface area (Å²) < 4.78 is 2.05. The van der Waals surface area contributed by atoms with E-state index in [-0.39, 0.29) is 5.91 Å². The SMILES string of the molecule is CCN(CC)CCNC(=O)c1ccc2c(ccn2C)c1. The predicted octanol–water partition coefficient (Wildman–Crippen LogP) is 2.25. The third-order valence-corrected chi connectivity index (χ3v) is 3.76. The van der Waals surface area contributed by atoms with Crippen molar-refractivity contribution in [1.29, 1.82) is 0 Å². The van der Waals surface area contributed by atoms with Gasteiger partial charge in [0.1, 0.15) is 0 Å². The molecule has 0 saturated carbocycles. The van der Waals surface area contributed by atoms with Crippen molar-refractivity contribution in [2.45, 2.75) is 13.8 Å². The summed E-state index contributed by atoms with van der Waals surface area (Å²) in [6, 6.07) is 7.85. The smallest absolute Gasteiger partial charge is 0.251 e. The van der Waals surface area contributed by atoms with Crippen LogP contribution >= 0.6 is 0 Å². The number of likely N-dealkylation sites (N-methyl/N-ethyl adjacent to an activating group) is 1. The Morgan fingerprint density at radius 1 is 1.25 bits per heavy atom. The van der Waals surface area contributed by atoms with Gasteiger partial charge in [0.05, 0.1) is 0 Å². The lowest BCUT2D eigenvalue weighted by molar-refractivity contribution is 0.0949. The van der Waals surface area contributed by atoms with E-state index in [1.54, 1.807) is 0 Å². The molecule has 1 aromatic carbocycles. The number of hydrogen-bond donors (Lipinski definition) is 1. The van der Waals surface area contributed by atoms with Crippen molar-refractivity contribution in [3.8, 4) is 0 Å². The van der Waals surface area contributed by atoms with Crippen LogP contribution in [0.4, 0.5) is 0 Å². The van der Waals surface area contributed by atoms with E-state index in [1.165, 1.54) is 0 Å². The highest BCUT2D eigenvalue weighted by Crippen LogP contribution is 2.16. The Morgan fingerprint density at radius 2 is 2.00 bits per heavy atom. The van der Waals surface area contributed by atoms with Crippen molar-refractivity contribution in [3.63, 3.8) is 0 Å². The molecule has 0 spiro atoms. The van der Waals surface area contributed by atoms with Gasteiger partial charge in [0.2, 0.25) is 0 Å². The van der Waals surface area contributed by atoms with Crippen LogP contribution in [0.25, 0.3) is 10.9 Å². The Labute approximate surface area is 120 Å². The number of fused-ring (bicyclic) bond motifs is 1. The van der Waals surface area contributed by atoms with Crippen LogP contribution in [-0.2, 0) is 7.05 Å². The molecule has 108 valence electrons. The number of aryl methyl sites for hydroxylation is 1. The molecule has 1 aromatic heterocycles. The van der Waals surface area contributed by atoms with Gasteiger partial charge in [-0.1, -0.05) is 13.8 Å². The van der Waals surface area contributed by atoms with E-state index in [1.807, 2.05) is 37.5 Å². The summed E-state index contributed by atoms with van der Waals surface area (Å²) in [5, 5.41) is 4.08. The minimum absolute atomic E-state index is 0.00269. The molecular formula is C16H23N3O. The predicted molar refractivity (Wildman–Crippen MR) is 83.0 cm³/mol. The molecule has 1 heterocycles. The van der Waals surface area contributed by atoms with E-state index in [4.69, 9.17) is 0 Å². The van der Waals surface area contributed by atoms with E-state index in [0.717, 1.165) is 36.1 Å². The van der Waals surface area contributed by atoms with Gasteiger partial charge in [-0.05, 0) is 37.4 Å². The van der Waals surface area contributed by atoms with Gasteiger partial charge in [0, 0.05) is 42.8 Å². The van der Waals surface area contributed by atoms with E-state index in [2.05, 4.69) is 28.6 Å². The van der Waals surface area contributed by atoms with E-state index < -0.39 is 0 Å². The number of carbonyl (C=O) groups excluding carboxylic acids is 1. The maximum absolute atomic E-state index is 12.1. The van der Waals surface area contributed by atoms with Gasteiger partial charge < -0.3 is 14.8 Å². The summed E-state index contributed by atoms with van der Waals surface area (Å²) in [4.78, 5) is 14.4. The van der Waals surface area contributed by atoms with Crippen molar-refractivity contribution >= 4 is 16.8 Å². The first kappa shape index (κ1) is 14.6. The summed E-state index contributed by atoms with van der Waals surface area (Å²) in [7, 11) is 2.01. The molecule has 20 heavy (non-hydrogen) atoms. The number of nitrogens with one attached hydrogen (secondary N) is 1. The molecule has 0 saturated heterocycles. The summed E-state index contributed by atoms with van der Waals surface area (Å²) in [5.41, 5.74) is 1.87. The average Bonchev–Trinajstić information content (AvgIpc) is 2.84. The van der Waals surface area contributed by atoms with Gasteiger partial charge in [-0.15, -0.1) is 0 Å². The van der Waals surface area contributed by atoms with Crippen molar-refractivity contribution in [3.05, 3.63) is 36.0 Å². The molecule has 2 rings (SSSR count). The Hall–Kier alpha value is -1.81. The van der Waals surface area contributed by atoms with E-state index in [0.29, 0.717) is 6.54 Å². The fourth-order valence-corrected chi connectivity index (χ4v) is 2.39. The average molecular weight is 273 g/mol. The molecule has 0 bridgehead atoms. The quantitative estimate of drug-likeness (QED) is 0.876. The van der Waals surface area contributed by atoms with Crippen molar-refractivity contribution < 1.29 is 4.79 Å². The topological polar surface area (TPSA) is 37.3 Å². The van der Waals surface area contributed by atoms with Crippen LogP contribution in [0.3, 0.4) is 0 Å². The lowest BCUT2D eigenvalue weighted by Crippen LogP contribution is -2.34. The Balaban J connectivity index is 1.97. The second-order valence-corrected chi connectivity index (χ2v) is 4.98. The lowest BCUT2D eigenvalue weighted by Gasteiger charge is -2.17. The Morgan fingerprint density at radius 3 is 2.70 bits per heavy atom. The monoisotopic (exact) mass is 273 g/mol. The first-order valence-corrected chi connectivity index (χ1v) is 7.21. The lowest BCUT2D eigenvalue weighted by atomic mass is 10.1. The summed E-state index contributed by atoms with van der Waals surface area (Å²) >= 11 is 0. The van der Waals surface area contributed by atoms with Crippen LogP contribution in [-0.4, -0.2) is 41.6 Å². The van der Waals surface area contributed by atoms with Gasteiger partial charge in [-0.2, -0.15) is 0 Å². The van der Waals surface area contributed by atoms with Gasteiger partial charge in [0.15, 0.2) is 0 Å². The number of aromatic nitrogens is 1. The Kier molecular flexibility index (Phi) is 4.79. The van der Waals surface area contributed by atoms with Crippen LogP contribution < -0.4 is 5.32 Å². The number of hydrogen-bond acceptors (Lipinski definition) is 2. The van der Waals surface area contributed by atoms with Crippen LogP contribution in [0.1, 0.15) is 24.2 Å². The molecule has 0 aliphatic carbocycles. The first-order chi connectivity index (χ1) is 9.65. The molecule has 0 aliphatic rings. The molecular weight excluding hydrogens is 250 g/mol. The number of carbonyl (C=O) groups is 1. The zero-order valence-corrected chi connectivity index (χ0v) is 12.5. The maximum atomic E-state index is 12.1. The minimum Gasteiger partial charge on any atom is -0.351 e. The molecule has 2 aromatic rings. The molecule has 4 nitrogen and oxygen atoms in total. The van der Waals surface area contributed by atoms with Crippen molar-refractivity contribution in [2.24, 2.45) is 7.05 Å². The minimum atomic E-state index is 0.00269. The molecule has 0 atom stereocenters. The highest BCUT2D eigenvalue weighted by atomic mass is 16.1. The van der Waals surface area contributed by atoms with Gasteiger partial charge >= 0.3 is 0 Å². The highest BCUT2D eigenvalue weighted by Gasteiger charge is 2.07. The second-order valence-electron chi connectivity index (χ2n) is 4.98. The third-order valence-electron chi connectivity index (χ3n) is 3.76. The number of amides is 1. The van der Waals surface area contributed by atoms with Crippen molar-refractivity contribution in [1.82, 2.24) is 14.8 Å². The van der Waals surface area contributed by atoms with Gasteiger partial charge in [-0.3, -0.25) is 4.79 Å². The normalized spacial score (nSPS) is 11.2. The van der Waals surface area contributed by atoms with Gasteiger partial charge in [-0.25, -0.2) is 0 Å². The molecule has 4 heteroatoms. The zero-order valence-electron chi connectivity index (χ0n) is 12.5. The number of nitrogens with zero attached hydrogens (tertiary/aromatic N) is 2. The van der Waals surface area contributed by atoms with Crippen LogP contribution in [0.2, 0.25) is 0 Å². The van der Waals surface area contributed by atoms with Gasteiger partial charge in [0.25, 0.3) is 5.91 Å². The van der Waals surface area contributed by atoms with Crippen LogP contribution in [0.15, 0.2) is 30.5 Å². The largest absolute Gasteiger partial charge is 0.351 e. The van der Waals surface area contributed by atoms with Crippen LogP contribution in [0, 0.1) is 0 Å². The van der Waals surface area contributed by atoms with E-state index in [9.17, 15) is 4.79 Å². The molecule has 0 radical (unpaired) electrons. The Bertz CT molecular complexity index is 584. The standard InChI is InChI=1S/C16H23N3O/c1-4-19(5-2)11-9-17-16(20)14-6-7-15-13(12-14)8-10-18(15)3/h6-8,10,12H,4-5,9,11H2,1-3H3,(H,17,20). The molecule has 1 N–H and O–H groups in total. The zero-order chi connectivity index (χ0) is 14.5. The first-order valence-electron chi connectivity index (χ1n) is 7.21. The summed E-state index contributed by atoms with van der Waals surface area (Å²) in [5.74, 6) is 0.00269. The molecule has 0 fully saturated rings. The van der Waals surface area contributed by atoms with Crippen molar-refractivity contribution in [2.75, 3.05) is 26.2 Å². The second kappa shape index (κ2) is 6.57. The number of rotatable bonds is 6. The fraction of sp³-hybridized carbons (Fsp3) is 0.438. The number of benzene rings is 1. The van der Waals surface area contributed by atoms with E-state index >= 15 is 0 Å². The summed E-state index contributed by atoms with van der Waals surface area (Å²) in [6.45, 7) is 7.88. The van der Waals surface area contributed by atoms with Crippen LogP contribution in [0.5, 0.6) is 0 Å². The third kappa shape index (κ3) is 3.20. The maximum Gasteiger partial charge on any atom is 0.251 e.